The monoisotopic (exact) mass is 480 g/mol. The van der Waals surface area contributed by atoms with Crippen LogP contribution in [0.15, 0.2) is 36.7 Å². The summed E-state index contributed by atoms with van der Waals surface area (Å²) in [5, 5.41) is 3.06. The van der Waals surface area contributed by atoms with Crippen molar-refractivity contribution < 1.29 is 9.53 Å². The number of benzene rings is 1. The number of nitrogens with zero attached hydrogens (tertiary/aromatic N) is 5. The first-order valence-corrected chi connectivity index (χ1v) is 13.4. The molecule has 4 heterocycles. The molecule has 8 heteroatoms. The van der Waals surface area contributed by atoms with E-state index in [2.05, 4.69) is 54.9 Å². The van der Waals surface area contributed by atoms with E-state index < -0.39 is 0 Å². The molecular weight excluding hydrogens is 440 g/mol. The molecule has 35 heavy (non-hydrogen) atoms. The van der Waals surface area contributed by atoms with Crippen molar-refractivity contribution in [1.82, 2.24) is 24.7 Å². The minimum atomic E-state index is 0.00828. The second kappa shape index (κ2) is 11.5. The van der Waals surface area contributed by atoms with Crippen LogP contribution in [0.4, 0.5) is 5.69 Å². The Hall–Kier alpha value is -2.42. The normalized spacial score (nSPS) is 22.9. The Bertz CT molecular complexity index is 947. The Kier molecular flexibility index (Phi) is 8.01. The number of nitrogens with one attached hydrogen (secondary N) is 1. The van der Waals surface area contributed by atoms with Gasteiger partial charge in [0.15, 0.2) is 0 Å². The van der Waals surface area contributed by atoms with E-state index in [0.717, 1.165) is 51.5 Å². The summed E-state index contributed by atoms with van der Waals surface area (Å²) in [4.78, 5) is 24.8. The molecule has 8 nitrogen and oxygen atoms in total. The number of morpholine rings is 1. The first-order valence-electron chi connectivity index (χ1n) is 13.4. The van der Waals surface area contributed by atoms with Crippen LogP contribution in [0.5, 0.6) is 0 Å². The number of hydrogen-bond acceptors (Lipinski definition) is 6. The first kappa shape index (κ1) is 24.3. The van der Waals surface area contributed by atoms with Crippen LogP contribution in [0, 0.1) is 0 Å². The van der Waals surface area contributed by atoms with Gasteiger partial charge in [0.2, 0.25) is 0 Å². The average Bonchev–Trinajstić information content (AvgIpc) is 3.35. The van der Waals surface area contributed by atoms with Crippen molar-refractivity contribution in [1.29, 1.82) is 0 Å². The Morgan fingerprint density at radius 2 is 1.80 bits per heavy atom. The van der Waals surface area contributed by atoms with Crippen molar-refractivity contribution in [2.45, 2.75) is 44.2 Å². The number of carbonyl (C=O) groups excluding carboxylic acids is 1. The van der Waals surface area contributed by atoms with Gasteiger partial charge in [-0.2, -0.15) is 0 Å². The summed E-state index contributed by atoms with van der Waals surface area (Å²) in [5.74, 6) is 1.22. The van der Waals surface area contributed by atoms with Crippen LogP contribution in [0.1, 0.15) is 54.3 Å². The van der Waals surface area contributed by atoms with E-state index in [1.807, 2.05) is 18.3 Å². The molecule has 0 unspecified atom stereocenters. The van der Waals surface area contributed by atoms with Crippen molar-refractivity contribution in [3.63, 3.8) is 0 Å². The lowest BCUT2D eigenvalue weighted by Crippen LogP contribution is -2.48. The van der Waals surface area contributed by atoms with Gasteiger partial charge < -0.3 is 19.5 Å². The molecule has 0 saturated carbocycles. The van der Waals surface area contributed by atoms with Crippen molar-refractivity contribution >= 4 is 11.6 Å². The summed E-state index contributed by atoms with van der Waals surface area (Å²) < 4.78 is 7.57. The van der Waals surface area contributed by atoms with Gasteiger partial charge in [-0.3, -0.25) is 14.6 Å². The molecule has 0 spiro atoms. The third-order valence-corrected chi connectivity index (χ3v) is 7.95. The van der Waals surface area contributed by atoms with Gasteiger partial charge in [-0.15, -0.1) is 0 Å². The molecule has 1 N–H and O–H groups in total. The number of amides is 1. The van der Waals surface area contributed by atoms with Crippen molar-refractivity contribution in [2.24, 2.45) is 7.05 Å². The fourth-order valence-electron chi connectivity index (χ4n) is 5.90. The highest BCUT2D eigenvalue weighted by atomic mass is 16.5. The Morgan fingerprint density at radius 1 is 1.03 bits per heavy atom. The van der Waals surface area contributed by atoms with Crippen molar-refractivity contribution in [3.8, 4) is 0 Å². The van der Waals surface area contributed by atoms with Crippen LogP contribution < -0.4 is 10.2 Å². The minimum absolute atomic E-state index is 0.00828. The van der Waals surface area contributed by atoms with E-state index in [-0.39, 0.29) is 5.91 Å². The van der Waals surface area contributed by atoms with Gasteiger partial charge in [-0.25, -0.2) is 4.98 Å². The third kappa shape index (κ3) is 5.88. The first-order chi connectivity index (χ1) is 17.2. The molecule has 3 saturated heterocycles. The van der Waals surface area contributed by atoms with Crippen LogP contribution in [-0.2, 0) is 11.8 Å². The number of piperidine rings is 2. The number of carbonyl (C=O) groups is 1. The quantitative estimate of drug-likeness (QED) is 0.657. The molecule has 190 valence electrons. The molecule has 1 aromatic carbocycles. The van der Waals surface area contributed by atoms with E-state index >= 15 is 0 Å². The van der Waals surface area contributed by atoms with E-state index in [1.165, 1.54) is 50.2 Å². The fourth-order valence-corrected chi connectivity index (χ4v) is 5.90. The van der Waals surface area contributed by atoms with E-state index in [1.54, 1.807) is 0 Å². The number of anilines is 1. The maximum absolute atomic E-state index is 12.6. The summed E-state index contributed by atoms with van der Waals surface area (Å²) in [5.41, 5.74) is 1.95. The Balaban J connectivity index is 1.11. The van der Waals surface area contributed by atoms with Gasteiger partial charge in [0.25, 0.3) is 5.91 Å². The van der Waals surface area contributed by atoms with Gasteiger partial charge in [-0.1, -0.05) is 6.42 Å². The second-order valence-electron chi connectivity index (χ2n) is 10.1. The number of hydrogen-bond donors (Lipinski definition) is 1. The Morgan fingerprint density at radius 3 is 2.51 bits per heavy atom. The van der Waals surface area contributed by atoms with Crippen LogP contribution >= 0.6 is 0 Å². The predicted octanol–water partition coefficient (Wildman–Crippen LogP) is 2.68. The van der Waals surface area contributed by atoms with Gasteiger partial charge >= 0.3 is 0 Å². The minimum Gasteiger partial charge on any atom is -0.379 e. The number of imidazole rings is 1. The second-order valence-corrected chi connectivity index (χ2v) is 10.1. The number of aryl methyl sites for hydroxylation is 1. The molecule has 0 radical (unpaired) electrons. The van der Waals surface area contributed by atoms with Gasteiger partial charge in [0.1, 0.15) is 5.82 Å². The molecule has 5 rings (SSSR count). The van der Waals surface area contributed by atoms with Crippen molar-refractivity contribution in [2.75, 3.05) is 63.9 Å². The molecule has 2 aromatic rings. The summed E-state index contributed by atoms with van der Waals surface area (Å²) in [7, 11) is 2.12. The Labute approximate surface area is 209 Å². The number of ether oxygens (including phenoxy) is 1. The molecule has 0 aliphatic carbocycles. The molecule has 0 bridgehead atoms. The SMILES string of the molecule is Cn1ccnc1[C@H]1CCCCN1C1CCN(c2ccc(C(=O)NCCN3CCOCC3)cc2)CC1. The topological polar surface area (TPSA) is 65.9 Å². The lowest BCUT2D eigenvalue weighted by atomic mass is 9.94. The molecule has 3 aliphatic heterocycles. The number of likely N-dealkylation sites (tertiary alicyclic amines) is 1. The van der Waals surface area contributed by atoms with E-state index in [4.69, 9.17) is 4.74 Å². The van der Waals surface area contributed by atoms with Gasteiger partial charge in [0, 0.05) is 76.0 Å². The summed E-state index contributed by atoms with van der Waals surface area (Å²) >= 11 is 0. The molecular formula is C27H40N6O2. The smallest absolute Gasteiger partial charge is 0.251 e. The lowest BCUT2D eigenvalue weighted by molar-refractivity contribution is 0.0383. The zero-order valence-electron chi connectivity index (χ0n) is 21.1. The molecule has 3 aliphatic rings. The predicted molar refractivity (Wildman–Crippen MR) is 138 cm³/mol. The zero-order chi connectivity index (χ0) is 24.0. The maximum Gasteiger partial charge on any atom is 0.251 e. The van der Waals surface area contributed by atoms with Crippen LogP contribution in [0.25, 0.3) is 0 Å². The molecule has 1 aromatic heterocycles. The summed E-state index contributed by atoms with van der Waals surface area (Å²) in [6.07, 6.45) is 10.1. The number of rotatable bonds is 7. The van der Waals surface area contributed by atoms with Crippen LogP contribution in [0.3, 0.4) is 0 Å². The zero-order valence-corrected chi connectivity index (χ0v) is 21.1. The maximum atomic E-state index is 12.6. The number of aromatic nitrogens is 2. The highest BCUT2D eigenvalue weighted by Crippen LogP contribution is 2.35. The largest absolute Gasteiger partial charge is 0.379 e. The fraction of sp³-hybridized carbons (Fsp3) is 0.630. The summed E-state index contributed by atoms with van der Waals surface area (Å²) in [6, 6.07) is 9.20. The standard InChI is InChI=1S/C27H40N6O2/c1-30-16-11-28-26(30)25-4-2-3-13-33(25)24-9-14-32(15-10-24)23-7-5-22(6-8-23)27(34)29-12-17-31-18-20-35-21-19-31/h5-8,11,16,24-25H,2-4,9-10,12-15,17-21H2,1H3,(H,29,34)/t25-/m1/s1. The average molecular weight is 481 g/mol. The highest BCUT2D eigenvalue weighted by molar-refractivity contribution is 5.94. The summed E-state index contributed by atoms with van der Waals surface area (Å²) in [6.45, 7) is 8.30. The molecule has 1 amide bonds. The third-order valence-electron chi connectivity index (χ3n) is 7.95. The van der Waals surface area contributed by atoms with Crippen LogP contribution in [0.2, 0.25) is 0 Å². The lowest BCUT2D eigenvalue weighted by Gasteiger charge is -2.44. The highest BCUT2D eigenvalue weighted by Gasteiger charge is 2.34. The molecule has 3 fully saturated rings. The van der Waals surface area contributed by atoms with Crippen LogP contribution in [-0.4, -0.2) is 90.3 Å². The van der Waals surface area contributed by atoms with E-state index in [9.17, 15) is 4.79 Å². The van der Waals surface area contributed by atoms with Crippen molar-refractivity contribution in [3.05, 3.63) is 48.0 Å². The van der Waals surface area contributed by atoms with Gasteiger partial charge in [-0.05, 0) is 56.5 Å². The molecule has 1 atom stereocenters. The van der Waals surface area contributed by atoms with E-state index in [0.29, 0.717) is 18.6 Å². The van der Waals surface area contributed by atoms with Gasteiger partial charge in [0.05, 0.1) is 19.3 Å².